The summed E-state index contributed by atoms with van der Waals surface area (Å²) in [5, 5.41) is 1.11. The summed E-state index contributed by atoms with van der Waals surface area (Å²) in [6.07, 6.45) is 5.00. The number of carbonyl (C=O) groups excluding carboxylic acids is 2. The van der Waals surface area contributed by atoms with E-state index in [4.69, 9.17) is 4.42 Å². The molecule has 0 spiro atoms. The van der Waals surface area contributed by atoms with Gasteiger partial charge in [-0.1, -0.05) is 24.3 Å². The normalized spacial score (nSPS) is 20.3. The van der Waals surface area contributed by atoms with Gasteiger partial charge < -0.3 is 14.2 Å². The Balaban J connectivity index is 1.34. The number of hydrogen-bond acceptors (Lipinski definition) is 5. The van der Waals surface area contributed by atoms with Crippen molar-refractivity contribution in [3.8, 4) is 0 Å². The Labute approximate surface area is 168 Å². The Bertz CT molecular complexity index is 1040. The fourth-order valence-electron chi connectivity index (χ4n) is 4.31. The summed E-state index contributed by atoms with van der Waals surface area (Å²) < 4.78 is 5.10. The number of furan rings is 1. The number of benzene rings is 1. The molecular formula is C22H22N4O3. The Kier molecular flexibility index (Phi) is 4.52. The van der Waals surface area contributed by atoms with Crippen LogP contribution in [0.5, 0.6) is 0 Å². The molecule has 0 saturated carbocycles. The molecule has 0 N–H and O–H groups in total. The molecule has 0 aliphatic carbocycles. The smallest absolute Gasteiger partial charge is 0.247 e. The average Bonchev–Trinajstić information content (AvgIpc) is 3.25. The van der Waals surface area contributed by atoms with Gasteiger partial charge in [-0.15, -0.1) is 0 Å². The Morgan fingerprint density at radius 2 is 1.97 bits per heavy atom. The Morgan fingerprint density at radius 3 is 2.83 bits per heavy atom. The van der Waals surface area contributed by atoms with E-state index in [1.165, 1.54) is 0 Å². The van der Waals surface area contributed by atoms with Crippen LogP contribution in [0.1, 0.15) is 11.1 Å². The van der Waals surface area contributed by atoms with Crippen molar-refractivity contribution < 1.29 is 14.0 Å². The third-order valence-electron chi connectivity index (χ3n) is 5.77. The lowest BCUT2D eigenvalue weighted by molar-refractivity contribution is -0.160. The first-order chi connectivity index (χ1) is 14.2. The van der Waals surface area contributed by atoms with Crippen molar-refractivity contribution in [2.24, 2.45) is 0 Å². The first kappa shape index (κ1) is 17.9. The van der Waals surface area contributed by atoms with Crippen LogP contribution in [-0.2, 0) is 22.7 Å². The minimum absolute atomic E-state index is 0.00606. The molecule has 5 rings (SSSR count). The molecule has 1 atom stereocenters. The number of rotatable bonds is 4. The van der Waals surface area contributed by atoms with Crippen LogP contribution in [0.15, 0.2) is 59.5 Å². The van der Waals surface area contributed by atoms with Gasteiger partial charge in [0, 0.05) is 49.9 Å². The van der Waals surface area contributed by atoms with Gasteiger partial charge in [-0.25, -0.2) is 0 Å². The SMILES string of the molecule is O=C1C2CN(Cc3cccc4cccnc34)CCN2C(=O)CN1Cc1ccoc1. The second-order valence-corrected chi connectivity index (χ2v) is 7.66. The summed E-state index contributed by atoms with van der Waals surface area (Å²) in [6.45, 7) is 3.11. The van der Waals surface area contributed by atoms with Crippen molar-refractivity contribution in [1.29, 1.82) is 0 Å². The number of piperazine rings is 2. The molecule has 4 heterocycles. The molecule has 2 aliphatic rings. The second kappa shape index (κ2) is 7.33. The molecule has 2 aliphatic heterocycles. The predicted octanol–water partition coefficient (Wildman–Crippen LogP) is 1.88. The van der Waals surface area contributed by atoms with Crippen LogP contribution < -0.4 is 0 Å². The van der Waals surface area contributed by atoms with Gasteiger partial charge in [-0.2, -0.15) is 0 Å². The number of nitrogens with zero attached hydrogens (tertiary/aromatic N) is 4. The average molecular weight is 390 g/mol. The molecule has 2 fully saturated rings. The molecule has 7 nitrogen and oxygen atoms in total. The second-order valence-electron chi connectivity index (χ2n) is 7.66. The molecule has 3 aromatic rings. The van der Waals surface area contributed by atoms with Gasteiger partial charge in [0.25, 0.3) is 0 Å². The summed E-state index contributed by atoms with van der Waals surface area (Å²) in [4.78, 5) is 35.9. The van der Waals surface area contributed by atoms with Crippen molar-refractivity contribution >= 4 is 22.7 Å². The van der Waals surface area contributed by atoms with Crippen LogP contribution in [-0.4, -0.2) is 63.7 Å². The molecule has 0 bridgehead atoms. The summed E-state index contributed by atoms with van der Waals surface area (Å²) in [5.74, 6) is 0.0242. The monoisotopic (exact) mass is 390 g/mol. The molecule has 7 heteroatoms. The fourth-order valence-corrected chi connectivity index (χ4v) is 4.31. The first-order valence-electron chi connectivity index (χ1n) is 9.83. The zero-order valence-electron chi connectivity index (χ0n) is 16.0. The standard InChI is InChI=1S/C22H22N4O3/c27-20-14-25(11-16-6-10-29-15-16)22(28)19-13-24(8-9-26(19)20)12-18-4-1-3-17-5-2-7-23-21(17)18/h1-7,10,15,19H,8-9,11-14H2. The third kappa shape index (κ3) is 3.38. The van der Waals surface area contributed by atoms with E-state index in [2.05, 4.69) is 28.1 Å². The summed E-state index contributed by atoms with van der Waals surface area (Å²) in [6, 6.07) is 11.6. The molecule has 2 saturated heterocycles. The largest absolute Gasteiger partial charge is 0.472 e. The van der Waals surface area contributed by atoms with Crippen LogP contribution in [0.2, 0.25) is 0 Å². The quantitative estimate of drug-likeness (QED) is 0.680. The van der Waals surface area contributed by atoms with Gasteiger partial charge in [0.15, 0.2) is 0 Å². The van der Waals surface area contributed by atoms with E-state index < -0.39 is 6.04 Å². The highest BCUT2D eigenvalue weighted by Gasteiger charge is 2.42. The van der Waals surface area contributed by atoms with Crippen molar-refractivity contribution in [2.45, 2.75) is 19.1 Å². The van der Waals surface area contributed by atoms with Gasteiger partial charge in [-0.3, -0.25) is 19.5 Å². The number of para-hydroxylation sites is 1. The number of pyridine rings is 1. The Morgan fingerprint density at radius 1 is 1.07 bits per heavy atom. The molecule has 148 valence electrons. The zero-order chi connectivity index (χ0) is 19.8. The molecule has 2 amide bonds. The summed E-state index contributed by atoms with van der Waals surface area (Å²) in [5.41, 5.74) is 3.03. The summed E-state index contributed by atoms with van der Waals surface area (Å²) in [7, 11) is 0. The predicted molar refractivity (Wildman–Crippen MR) is 107 cm³/mol. The van der Waals surface area contributed by atoms with E-state index in [9.17, 15) is 9.59 Å². The van der Waals surface area contributed by atoms with Gasteiger partial charge >= 0.3 is 0 Å². The van der Waals surface area contributed by atoms with Crippen LogP contribution in [0.4, 0.5) is 0 Å². The number of fused-ring (bicyclic) bond motifs is 2. The highest BCUT2D eigenvalue weighted by atomic mass is 16.3. The van der Waals surface area contributed by atoms with E-state index >= 15 is 0 Å². The topological polar surface area (TPSA) is 69.9 Å². The molecule has 1 unspecified atom stereocenters. The molecule has 29 heavy (non-hydrogen) atoms. The van der Waals surface area contributed by atoms with E-state index in [1.807, 2.05) is 18.2 Å². The lowest BCUT2D eigenvalue weighted by Crippen LogP contribution is -2.66. The van der Waals surface area contributed by atoms with Crippen molar-refractivity contribution in [3.63, 3.8) is 0 Å². The fraction of sp³-hybridized carbons (Fsp3) is 0.318. The Hall–Kier alpha value is -3.19. The zero-order valence-corrected chi connectivity index (χ0v) is 16.0. The maximum absolute atomic E-state index is 13.1. The third-order valence-corrected chi connectivity index (χ3v) is 5.77. The van der Waals surface area contributed by atoms with E-state index in [0.717, 1.165) is 28.6 Å². The summed E-state index contributed by atoms with van der Waals surface area (Å²) >= 11 is 0. The van der Waals surface area contributed by atoms with Crippen molar-refractivity contribution in [1.82, 2.24) is 19.7 Å². The lowest BCUT2D eigenvalue weighted by Gasteiger charge is -2.46. The van der Waals surface area contributed by atoms with Crippen molar-refractivity contribution in [3.05, 3.63) is 66.2 Å². The number of aromatic nitrogens is 1. The molecular weight excluding hydrogens is 368 g/mol. The van der Waals surface area contributed by atoms with Crippen LogP contribution >= 0.6 is 0 Å². The van der Waals surface area contributed by atoms with Gasteiger partial charge in [-0.05, 0) is 17.7 Å². The molecule has 0 radical (unpaired) electrons. The van der Waals surface area contributed by atoms with Crippen LogP contribution in [0.3, 0.4) is 0 Å². The molecule has 2 aromatic heterocycles. The maximum Gasteiger partial charge on any atom is 0.247 e. The first-order valence-corrected chi connectivity index (χ1v) is 9.83. The maximum atomic E-state index is 13.1. The van der Waals surface area contributed by atoms with Crippen molar-refractivity contribution in [2.75, 3.05) is 26.2 Å². The molecule has 1 aromatic carbocycles. The van der Waals surface area contributed by atoms with Gasteiger partial charge in [0.05, 0.1) is 18.0 Å². The van der Waals surface area contributed by atoms with E-state index in [1.54, 1.807) is 28.5 Å². The highest BCUT2D eigenvalue weighted by molar-refractivity contribution is 5.95. The number of hydrogen-bond donors (Lipinski definition) is 0. The lowest BCUT2D eigenvalue weighted by atomic mass is 10.0. The number of amides is 2. The van der Waals surface area contributed by atoms with E-state index in [0.29, 0.717) is 26.2 Å². The van der Waals surface area contributed by atoms with E-state index in [-0.39, 0.29) is 18.4 Å². The van der Waals surface area contributed by atoms with Gasteiger partial charge in [0.2, 0.25) is 11.8 Å². The number of carbonyl (C=O) groups is 2. The van der Waals surface area contributed by atoms with Gasteiger partial charge in [0.1, 0.15) is 12.6 Å². The minimum Gasteiger partial charge on any atom is -0.472 e. The highest BCUT2D eigenvalue weighted by Crippen LogP contribution is 2.23. The van der Waals surface area contributed by atoms with Crippen LogP contribution in [0.25, 0.3) is 10.9 Å². The minimum atomic E-state index is -0.431. The van der Waals surface area contributed by atoms with Crippen LogP contribution in [0, 0.1) is 0 Å².